The summed E-state index contributed by atoms with van der Waals surface area (Å²) in [6.07, 6.45) is 7.13. The molecule has 2 aliphatic rings. The van der Waals surface area contributed by atoms with Gasteiger partial charge in [-0.25, -0.2) is 0 Å². The number of ketones is 1. The van der Waals surface area contributed by atoms with E-state index in [0.717, 1.165) is 17.3 Å². The van der Waals surface area contributed by atoms with Gasteiger partial charge in [0.05, 0.1) is 23.8 Å². The number of aromatic nitrogens is 2. The van der Waals surface area contributed by atoms with Crippen molar-refractivity contribution in [3.8, 4) is 0 Å². The Hall–Kier alpha value is -0.720. The first kappa shape index (κ1) is 15.2. The van der Waals surface area contributed by atoms with Gasteiger partial charge in [0.25, 0.3) is 0 Å². The van der Waals surface area contributed by atoms with Crippen molar-refractivity contribution in [3.05, 3.63) is 16.4 Å². The normalized spacial score (nSPS) is 28.0. The molecule has 2 unspecified atom stereocenters. The van der Waals surface area contributed by atoms with E-state index in [0.29, 0.717) is 43.3 Å². The second-order valence-electron chi connectivity index (χ2n) is 6.16. The fourth-order valence-corrected chi connectivity index (χ4v) is 4.20. The molecule has 0 spiro atoms. The van der Waals surface area contributed by atoms with Gasteiger partial charge in [-0.2, -0.15) is 5.10 Å². The van der Waals surface area contributed by atoms with Crippen molar-refractivity contribution in [3.63, 3.8) is 0 Å². The van der Waals surface area contributed by atoms with Crippen molar-refractivity contribution in [2.45, 2.75) is 50.7 Å². The van der Waals surface area contributed by atoms with Crippen LogP contribution < -0.4 is 5.32 Å². The number of rotatable bonds is 6. The molecule has 3 rings (SSSR count). The van der Waals surface area contributed by atoms with Crippen LogP contribution in [0.2, 0.25) is 0 Å². The first-order valence-corrected chi connectivity index (χ1v) is 8.46. The van der Waals surface area contributed by atoms with Crippen LogP contribution in [-0.2, 0) is 11.3 Å². The van der Waals surface area contributed by atoms with Crippen LogP contribution in [0.25, 0.3) is 0 Å². The zero-order valence-electron chi connectivity index (χ0n) is 12.3. The summed E-state index contributed by atoms with van der Waals surface area (Å²) in [5.74, 6) is 0.704. The average Bonchev–Trinajstić information content (AvgIpc) is 2.99. The molecule has 21 heavy (non-hydrogen) atoms. The van der Waals surface area contributed by atoms with Crippen LogP contribution >= 0.6 is 15.9 Å². The molecular formula is C15H22BrN3O2. The molecular weight excluding hydrogens is 334 g/mol. The van der Waals surface area contributed by atoms with E-state index in [4.69, 9.17) is 4.74 Å². The summed E-state index contributed by atoms with van der Waals surface area (Å²) in [6.45, 7) is 1.17. The van der Waals surface area contributed by atoms with Crippen molar-refractivity contribution < 1.29 is 9.53 Å². The molecule has 0 radical (unpaired) electrons. The maximum Gasteiger partial charge on any atom is 0.182 e. The maximum atomic E-state index is 12.7. The van der Waals surface area contributed by atoms with Crippen LogP contribution in [0.5, 0.6) is 0 Å². The van der Waals surface area contributed by atoms with Crippen LogP contribution in [0.4, 0.5) is 0 Å². The molecule has 0 saturated carbocycles. The van der Waals surface area contributed by atoms with Gasteiger partial charge < -0.3 is 10.1 Å². The minimum Gasteiger partial charge on any atom is -0.383 e. The second-order valence-corrected chi connectivity index (χ2v) is 7.01. The highest BCUT2D eigenvalue weighted by Gasteiger charge is 2.34. The second kappa shape index (κ2) is 6.58. The third-order valence-electron chi connectivity index (χ3n) is 4.61. The molecule has 2 aliphatic heterocycles. The van der Waals surface area contributed by atoms with Crippen molar-refractivity contribution >= 4 is 21.7 Å². The molecule has 2 saturated heterocycles. The topological polar surface area (TPSA) is 56.2 Å². The van der Waals surface area contributed by atoms with Gasteiger partial charge in [0.15, 0.2) is 5.78 Å². The molecule has 2 fully saturated rings. The van der Waals surface area contributed by atoms with E-state index in [-0.39, 0.29) is 5.78 Å². The maximum absolute atomic E-state index is 12.7. The molecule has 3 heterocycles. The Labute approximate surface area is 133 Å². The van der Waals surface area contributed by atoms with E-state index >= 15 is 0 Å². The first-order valence-electron chi connectivity index (χ1n) is 7.67. The molecule has 1 aromatic heterocycles. The SMILES string of the molecule is COCCn1ncc(Br)c1C(=O)CC1CC2CCC(C1)N2. The van der Waals surface area contributed by atoms with Crippen LogP contribution in [-0.4, -0.2) is 41.4 Å². The number of hydrogen-bond acceptors (Lipinski definition) is 4. The Kier molecular flexibility index (Phi) is 4.76. The third kappa shape index (κ3) is 3.38. The molecule has 116 valence electrons. The first-order chi connectivity index (χ1) is 10.2. The Bertz CT molecular complexity index is 505. The van der Waals surface area contributed by atoms with Gasteiger partial charge in [0.1, 0.15) is 5.69 Å². The molecule has 1 aromatic rings. The molecule has 2 bridgehead atoms. The summed E-state index contributed by atoms with van der Waals surface area (Å²) in [7, 11) is 1.66. The fourth-order valence-electron chi connectivity index (χ4n) is 3.69. The Balaban J connectivity index is 1.66. The van der Waals surface area contributed by atoms with E-state index in [1.54, 1.807) is 18.0 Å². The highest BCUT2D eigenvalue weighted by Crippen LogP contribution is 2.33. The van der Waals surface area contributed by atoms with Gasteiger partial charge >= 0.3 is 0 Å². The van der Waals surface area contributed by atoms with Gasteiger partial charge in [0.2, 0.25) is 0 Å². The largest absolute Gasteiger partial charge is 0.383 e. The highest BCUT2D eigenvalue weighted by atomic mass is 79.9. The molecule has 2 atom stereocenters. The molecule has 0 aliphatic carbocycles. The third-order valence-corrected chi connectivity index (χ3v) is 5.19. The lowest BCUT2D eigenvalue weighted by Crippen LogP contribution is -2.38. The van der Waals surface area contributed by atoms with E-state index in [1.807, 2.05) is 0 Å². The van der Waals surface area contributed by atoms with E-state index in [9.17, 15) is 4.79 Å². The predicted molar refractivity (Wildman–Crippen MR) is 83.4 cm³/mol. The number of piperidine rings is 1. The summed E-state index contributed by atoms with van der Waals surface area (Å²) in [6, 6.07) is 1.26. The van der Waals surface area contributed by atoms with E-state index in [2.05, 4.69) is 26.3 Å². The number of halogens is 1. The summed E-state index contributed by atoms with van der Waals surface area (Å²) in [4.78, 5) is 12.7. The lowest BCUT2D eigenvalue weighted by molar-refractivity contribution is 0.0930. The van der Waals surface area contributed by atoms with Crippen molar-refractivity contribution in [1.29, 1.82) is 0 Å². The molecule has 5 nitrogen and oxygen atoms in total. The van der Waals surface area contributed by atoms with Crippen molar-refractivity contribution in [2.24, 2.45) is 5.92 Å². The number of fused-ring (bicyclic) bond motifs is 2. The average molecular weight is 356 g/mol. The number of carbonyl (C=O) groups is 1. The van der Waals surface area contributed by atoms with Gasteiger partial charge in [-0.15, -0.1) is 0 Å². The minimum absolute atomic E-state index is 0.196. The summed E-state index contributed by atoms with van der Waals surface area (Å²) < 4.78 is 7.63. The summed E-state index contributed by atoms with van der Waals surface area (Å²) in [5, 5.41) is 7.89. The molecule has 0 aromatic carbocycles. The summed E-state index contributed by atoms with van der Waals surface area (Å²) >= 11 is 3.45. The fraction of sp³-hybridized carbons (Fsp3) is 0.733. The van der Waals surface area contributed by atoms with E-state index in [1.165, 1.54) is 12.8 Å². The number of carbonyl (C=O) groups excluding carboxylic acids is 1. The summed E-state index contributed by atoms with van der Waals surface area (Å²) in [5.41, 5.74) is 0.693. The Morgan fingerprint density at radius 2 is 2.19 bits per heavy atom. The standard InChI is InChI=1S/C15H22BrN3O2/c1-21-5-4-19-15(13(16)9-17-19)14(20)8-10-6-11-2-3-12(7-10)18-11/h9-12,18H,2-8H2,1H3. The smallest absolute Gasteiger partial charge is 0.182 e. The Morgan fingerprint density at radius 3 is 2.86 bits per heavy atom. The molecule has 1 N–H and O–H groups in total. The van der Waals surface area contributed by atoms with Gasteiger partial charge in [0, 0.05) is 25.6 Å². The van der Waals surface area contributed by atoms with Gasteiger partial charge in [-0.05, 0) is 47.5 Å². The lowest BCUT2D eigenvalue weighted by Gasteiger charge is -2.28. The van der Waals surface area contributed by atoms with Crippen LogP contribution in [0, 0.1) is 5.92 Å². The monoisotopic (exact) mass is 355 g/mol. The zero-order valence-corrected chi connectivity index (χ0v) is 13.9. The number of methoxy groups -OCH3 is 1. The van der Waals surface area contributed by atoms with Gasteiger partial charge in [-0.1, -0.05) is 0 Å². The minimum atomic E-state index is 0.196. The van der Waals surface area contributed by atoms with Gasteiger partial charge in [-0.3, -0.25) is 9.48 Å². The molecule has 0 amide bonds. The van der Waals surface area contributed by atoms with Crippen LogP contribution in [0.1, 0.15) is 42.6 Å². The zero-order chi connectivity index (χ0) is 14.8. The predicted octanol–water partition coefficient (Wildman–Crippen LogP) is 2.40. The number of nitrogens with zero attached hydrogens (tertiary/aromatic N) is 2. The lowest BCUT2D eigenvalue weighted by atomic mass is 9.87. The Morgan fingerprint density at radius 1 is 1.48 bits per heavy atom. The highest BCUT2D eigenvalue weighted by molar-refractivity contribution is 9.10. The van der Waals surface area contributed by atoms with Crippen LogP contribution in [0.3, 0.4) is 0 Å². The number of hydrogen-bond donors (Lipinski definition) is 1. The van der Waals surface area contributed by atoms with E-state index < -0.39 is 0 Å². The number of Topliss-reactive ketones (excluding diaryl/α,β-unsaturated/α-hetero) is 1. The quantitative estimate of drug-likeness (QED) is 0.796. The van der Waals surface area contributed by atoms with Crippen molar-refractivity contribution in [1.82, 2.24) is 15.1 Å². The van der Waals surface area contributed by atoms with Crippen molar-refractivity contribution in [2.75, 3.05) is 13.7 Å². The number of ether oxygens (including phenoxy) is 1. The van der Waals surface area contributed by atoms with Crippen LogP contribution in [0.15, 0.2) is 10.7 Å². The molecule has 6 heteroatoms. The number of nitrogens with one attached hydrogen (secondary N) is 1.